The number of nitrogens with one attached hydrogen (secondary N) is 1. The highest BCUT2D eigenvalue weighted by Gasteiger charge is 2.24. The summed E-state index contributed by atoms with van der Waals surface area (Å²) in [5.74, 6) is 0. The Bertz CT molecular complexity index is 339. The molecule has 1 aromatic rings. The van der Waals surface area contributed by atoms with Crippen LogP contribution in [0.2, 0.25) is 0 Å². The topological polar surface area (TPSA) is 24.4 Å². The second-order valence-corrected chi connectivity index (χ2v) is 4.60. The molecule has 0 unspecified atom stereocenters. The zero-order chi connectivity index (χ0) is 10.0. The predicted molar refractivity (Wildman–Crippen MR) is 59.4 cm³/mol. The molecule has 0 radical (unpaired) electrons. The van der Waals surface area contributed by atoms with Crippen molar-refractivity contribution in [3.8, 4) is 0 Å². The molecule has 74 valence electrons. The first-order chi connectivity index (χ1) is 6.67. The Hall–Kier alpha value is -1.31. The van der Waals surface area contributed by atoms with Crippen LogP contribution in [0.15, 0.2) is 35.4 Å². The lowest BCUT2D eigenvalue weighted by atomic mass is 9.84. The highest BCUT2D eigenvalue weighted by Crippen LogP contribution is 2.24. The number of rotatable bonds is 1. The van der Waals surface area contributed by atoms with E-state index in [-0.39, 0.29) is 0 Å². The van der Waals surface area contributed by atoms with E-state index in [4.69, 9.17) is 0 Å². The minimum Gasteiger partial charge on any atom is -0.309 e. The summed E-state index contributed by atoms with van der Waals surface area (Å²) in [7, 11) is 0. The third-order valence-corrected chi connectivity index (χ3v) is 2.52. The largest absolute Gasteiger partial charge is 0.309 e. The maximum Gasteiger partial charge on any atom is 0.0681 e. The van der Waals surface area contributed by atoms with Gasteiger partial charge in [-0.15, -0.1) is 0 Å². The van der Waals surface area contributed by atoms with Gasteiger partial charge in [-0.2, -0.15) is 5.10 Å². The van der Waals surface area contributed by atoms with Crippen LogP contribution in [0.4, 0.5) is 0 Å². The maximum absolute atomic E-state index is 4.36. The predicted octanol–water partition coefficient (Wildman–Crippen LogP) is 2.41. The lowest BCUT2D eigenvalue weighted by Crippen LogP contribution is -2.34. The first-order valence-corrected chi connectivity index (χ1v) is 5.02. The van der Waals surface area contributed by atoms with Gasteiger partial charge in [0.2, 0.25) is 0 Å². The number of hydrogen-bond donors (Lipinski definition) is 1. The number of hydrazone groups is 1. The van der Waals surface area contributed by atoms with Crippen molar-refractivity contribution in [2.75, 3.05) is 6.54 Å². The van der Waals surface area contributed by atoms with E-state index in [2.05, 4.69) is 48.6 Å². The SMILES string of the molecule is CC1(C)CNN=C(c2ccccc2)C1. The molecule has 1 aromatic carbocycles. The summed E-state index contributed by atoms with van der Waals surface area (Å²) in [6.07, 6.45) is 1.05. The Morgan fingerprint density at radius 1 is 1.21 bits per heavy atom. The molecule has 0 aliphatic carbocycles. The van der Waals surface area contributed by atoms with E-state index in [0.717, 1.165) is 13.0 Å². The summed E-state index contributed by atoms with van der Waals surface area (Å²) in [5, 5.41) is 4.36. The summed E-state index contributed by atoms with van der Waals surface area (Å²) in [4.78, 5) is 0. The second kappa shape index (κ2) is 3.45. The molecule has 1 N–H and O–H groups in total. The van der Waals surface area contributed by atoms with Crippen LogP contribution < -0.4 is 5.43 Å². The minimum atomic E-state index is 0.312. The third-order valence-electron chi connectivity index (χ3n) is 2.52. The van der Waals surface area contributed by atoms with Gasteiger partial charge in [0.25, 0.3) is 0 Å². The Morgan fingerprint density at radius 2 is 1.93 bits per heavy atom. The monoisotopic (exact) mass is 188 g/mol. The minimum absolute atomic E-state index is 0.312. The average molecular weight is 188 g/mol. The van der Waals surface area contributed by atoms with Crippen LogP contribution in [-0.4, -0.2) is 12.3 Å². The van der Waals surface area contributed by atoms with Crippen LogP contribution in [0.25, 0.3) is 0 Å². The highest BCUT2D eigenvalue weighted by atomic mass is 15.3. The lowest BCUT2D eigenvalue weighted by Gasteiger charge is -2.29. The zero-order valence-electron chi connectivity index (χ0n) is 8.75. The van der Waals surface area contributed by atoms with Crippen LogP contribution in [0.1, 0.15) is 25.8 Å². The quantitative estimate of drug-likeness (QED) is 0.719. The van der Waals surface area contributed by atoms with Gasteiger partial charge in [-0.25, -0.2) is 0 Å². The molecule has 2 heteroatoms. The van der Waals surface area contributed by atoms with E-state index in [1.807, 2.05) is 6.07 Å². The summed E-state index contributed by atoms with van der Waals surface area (Å²) in [6, 6.07) is 10.4. The first-order valence-electron chi connectivity index (χ1n) is 5.02. The van der Waals surface area contributed by atoms with Crippen LogP contribution in [0, 0.1) is 5.41 Å². The van der Waals surface area contributed by atoms with Gasteiger partial charge in [-0.3, -0.25) is 0 Å². The van der Waals surface area contributed by atoms with Crippen LogP contribution >= 0.6 is 0 Å². The summed E-state index contributed by atoms with van der Waals surface area (Å²) in [5.41, 5.74) is 5.82. The Labute approximate surface area is 85.0 Å². The van der Waals surface area contributed by atoms with Crippen molar-refractivity contribution in [2.45, 2.75) is 20.3 Å². The molecule has 0 amide bonds. The van der Waals surface area contributed by atoms with Crippen molar-refractivity contribution in [3.63, 3.8) is 0 Å². The van der Waals surface area contributed by atoms with Gasteiger partial charge in [0.05, 0.1) is 5.71 Å². The van der Waals surface area contributed by atoms with Crippen molar-refractivity contribution in [2.24, 2.45) is 10.5 Å². The second-order valence-electron chi connectivity index (χ2n) is 4.60. The molecule has 0 fully saturated rings. The van der Waals surface area contributed by atoms with Crippen molar-refractivity contribution < 1.29 is 0 Å². The fourth-order valence-corrected chi connectivity index (χ4v) is 1.70. The molecule has 0 aromatic heterocycles. The van der Waals surface area contributed by atoms with E-state index < -0.39 is 0 Å². The molecule has 0 saturated carbocycles. The molecule has 1 aliphatic rings. The number of hydrogen-bond acceptors (Lipinski definition) is 2. The molecule has 0 atom stereocenters. The van der Waals surface area contributed by atoms with E-state index in [1.165, 1.54) is 11.3 Å². The summed E-state index contributed by atoms with van der Waals surface area (Å²) < 4.78 is 0. The smallest absolute Gasteiger partial charge is 0.0681 e. The van der Waals surface area contributed by atoms with Crippen molar-refractivity contribution >= 4 is 5.71 Å². The van der Waals surface area contributed by atoms with Crippen molar-refractivity contribution in [3.05, 3.63) is 35.9 Å². The number of benzene rings is 1. The normalized spacial score (nSPS) is 19.7. The van der Waals surface area contributed by atoms with Gasteiger partial charge in [-0.1, -0.05) is 44.2 Å². The fourth-order valence-electron chi connectivity index (χ4n) is 1.70. The molecule has 1 aliphatic heterocycles. The van der Waals surface area contributed by atoms with Crippen molar-refractivity contribution in [1.82, 2.24) is 5.43 Å². The molecule has 14 heavy (non-hydrogen) atoms. The van der Waals surface area contributed by atoms with Gasteiger partial charge in [0.1, 0.15) is 0 Å². The average Bonchev–Trinajstić information content (AvgIpc) is 2.18. The van der Waals surface area contributed by atoms with Gasteiger partial charge < -0.3 is 5.43 Å². The summed E-state index contributed by atoms with van der Waals surface area (Å²) >= 11 is 0. The molecule has 2 rings (SSSR count). The molecule has 0 spiro atoms. The maximum atomic E-state index is 4.36. The van der Waals surface area contributed by atoms with Gasteiger partial charge in [-0.05, 0) is 17.4 Å². The molecule has 2 nitrogen and oxygen atoms in total. The highest BCUT2D eigenvalue weighted by molar-refractivity contribution is 6.01. The fraction of sp³-hybridized carbons (Fsp3) is 0.417. The van der Waals surface area contributed by atoms with E-state index in [0.29, 0.717) is 5.41 Å². The van der Waals surface area contributed by atoms with Crippen molar-refractivity contribution in [1.29, 1.82) is 0 Å². The molecular formula is C12H16N2. The van der Waals surface area contributed by atoms with Gasteiger partial charge in [0.15, 0.2) is 0 Å². The van der Waals surface area contributed by atoms with Crippen LogP contribution in [0.3, 0.4) is 0 Å². The third kappa shape index (κ3) is 1.95. The van der Waals surface area contributed by atoms with Gasteiger partial charge >= 0.3 is 0 Å². The standard InChI is InChI=1S/C12H16N2/c1-12(2)8-11(14-13-9-12)10-6-4-3-5-7-10/h3-7,13H,8-9H2,1-2H3. The van der Waals surface area contributed by atoms with Gasteiger partial charge in [0, 0.05) is 6.54 Å². The Morgan fingerprint density at radius 3 is 2.57 bits per heavy atom. The Balaban J connectivity index is 2.24. The first kappa shape index (κ1) is 9.25. The number of nitrogens with zero attached hydrogens (tertiary/aromatic N) is 1. The summed E-state index contributed by atoms with van der Waals surface area (Å²) in [6.45, 7) is 5.48. The molecule has 1 heterocycles. The molecule has 0 bridgehead atoms. The molecular weight excluding hydrogens is 172 g/mol. The van der Waals surface area contributed by atoms with Crippen LogP contribution in [-0.2, 0) is 0 Å². The lowest BCUT2D eigenvalue weighted by molar-refractivity contribution is 0.342. The molecule has 0 saturated heterocycles. The van der Waals surface area contributed by atoms with E-state index >= 15 is 0 Å². The van der Waals surface area contributed by atoms with E-state index in [9.17, 15) is 0 Å². The van der Waals surface area contributed by atoms with Crippen LogP contribution in [0.5, 0.6) is 0 Å². The Kier molecular flexibility index (Phi) is 2.28. The van der Waals surface area contributed by atoms with E-state index in [1.54, 1.807) is 0 Å². The zero-order valence-corrected chi connectivity index (χ0v) is 8.75.